The lowest BCUT2D eigenvalue weighted by Crippen LogP contribution is -2.14. The quantitative estimate of drug-likeness (QED) is 0.752. The third kappa shape index (κ3) is 5.31. The standard InChI is InChI=1S/C13H25N3/c1-5-7-14-9-12-10-16(11-15-12)8-6-13(2,3)4/h10-11,14H,5-9H2,1-4H3. The molecule has 0 fully saturated rings. The maximum atomic E-state index is 4.39. The first kappa shape index (κ1) is 13.2. The van der Waals surface area contributed by atoms with Crippen molar-refractivity contribution in [2.45, 2.75) is 53.6 Å². The lowest BCUT2D eigenvalue weighted by molar-refractivity contribution is 0.350. The van der Waals surface area contributed by atoms with Gasteiger partial charge in [0.1, 0.15) is 0 Å². The SMILES string of the molecule is CCCNCc1cn(CCC(C)(C)C)cn1. The van der Waals surface area contributed by atoms with Gasteiger partial charge in [-0.3, -0.25) is 0 Å². The van der Waals surface area contributed by atoms with E-state index >= 15 is 0 Å². The monoisotopic (exact) mass is 223 g/mol. The van der Waals surface area contributed by atoms with E-state index in [-0.39, 0.29) is 0 Å². The zero-order valence-electron chi connectivity index (χ0n) is 11.1. The van der Waals surface area contributed by atoms with Crippen LogP contribution in [0.4, 0.5) is 0 Å². The second kappa shape index (κ2) is 6.04. The largest absolute Gasteiger partial charge is 0.337 e. The molecule has 1 heterocycles. The Hall–Kier alpha value is -0.830. The molecule has 0 saturated carbocycles. The molecule has 0 unspecified atom stereocenters. The Morgan fingerprint density at radius 3 is 2.75 bits per heavy atom. The molecule has 0 bridgehead atoms. The summed E-state index contributed by atoms with van der Waals surface area (Å²) in [5, 5.41) is 3.36. The lowest BCUT2D eigenvalue weighted by atomic mass is 9.92. The number of imidazole rings is 1. The molecule has 0 spiro atoms. The molecule has 0 aromatic carbocycles. The van der Waals surface area contributed by atoms with Crippen LogP contribution < -0.4 is 5.32 Å². The second-order valence-corrected chi connectivity index (χ2v) is 5.59. The summed E-state index contributed by atoms with van der Waals surface area (Å²) in [5.41, 5.74) is 1.53. The molecule has 0 aliphatic rings. The van der Waals surface area contributed by atoms with Crippen molar-refractivity contribution in [1.29, 1.82) is 0 Å². The van der Waals surface area contributed by atoms with Crippen LogP contribution in [0.5, 0.6) is 0 Å². The maximum absolute atomic E-state index is 4.39. The van der Waals surface area contributed by atoms with Gasteiger partial charge < -0.3 is 9.88 Å². The number of hydrogen-bond donors (Lipinski definition) is 1. The highest BCUT2D eigenvalue weighted by molar-refractivity contribution is 4.96. The highest BCUT2D eigenvalue weighted by atomic mass is 15.0. The zero-order chi connectivity index (χ0) is 12.0. The molecule has 1 aromatic heterocycles. The fourth-order valence-corrected chi connectivity index (χ4v) is 1.48. The van der Waals surface area contributed by atoms with Crippen LogP contribution in [0.15, 0.2) is 12.5 Å². The Bertz CT molecular complexity index is 296. The van der Waals surface area contributed by atoms with Gasteiger partial charge in [-0.2, -0.15) is 0 Å². The Labute approximate surface area is 99.3 Å². The highest BCUT2D eigenvalue weighted by Crippen LogP contribution is 2.19. The average Bonchev–Trinajstić information content (AvgIpc) is 2.62. The fourth-order valence-electron chi connectivity index (χ4n) is 1.48. The molecule has 0 saturated heterocycles. The number of hydrogen-bond acceptors (Lipinski definition) is 2. The minimum atomic E-state index is 0.394. The van der Waals surface area contributed by atoms with Crippen molar-refractivity contribution < 1.29 is 0 Å². The Morgan fingerprint density at radius 1 is 1.38 bits per heavy atom. The molecule has 0 amide bonds. The summed E-state index contributed by atoms with van der Waals surface area (Å²) in [6.45, 7) is 12.0. The minimum absolute atomic E-state index is 0.394. The van der Waals surface area contributed by atoms with Gasteiger partial charge in [-0.25, -0.2) is 4.98 Å². The van der Waals surface area contributed by atoms with Gasteiger partial charge >= 0.3 is 0 Å². The normalized spacial score (nSPS) is 12.0. The number of nitrogens with one attached hydrogen (secondary N) is 1. The first-order valence-electron chi connectivity index (χ1n) is 6.22. The average molecular weight is 223 g/mol. The van der Waals surface area contributed by atoms with Crippen molar-refractivity contribution in [2.75, 3.05) is 6.54 Å². The van der Waals surface area contributed by atoms with Crippen molar-refractivity contribution in [1.82, 2.24) is 14.9 Å². The summed E-state index contributed by atoms with van der Waals surface area (Å²) < 4.78 is 2.19. The van der Waals surface area contributed by atoms with Crippen LogP contribution in [0.3, 0.4) is 0 Å². The van der Waals surface area contributed by atoms with Gasteiger partial charge in [0.25, 0.3) is 0 Å². The van der Waals surface area contributed by atoms with E-state index in [1.54, 1.807) is 0 Å². The van der Waals surface area contributed by atoms with Crippen LogP contribution in [0.1, 0.15) is 46.2 Å². The first-order valence-corrected chi connectivity index (χ1v) is 6.22. The van der Waals surface area contributed by atoms with E-state index in [2.05, 4.69) is 48.8 Å². The van der Waals surface area contributed by atoms with Crippen LogP contribution in [-0.2, 0) is 13.1 Å². The van der Waals surface area contributed by atoms with E-state index in [1.165, 1.54) is 12.8 Å². The number of aryl methyl sites for hydroxylation is 1. The summed E-state index contributed by atoms with van der Waals surface area (Å²) in [4.78, 5) is 4.39. The molecule has 0 radical (unpaired) electrons. The number of rotatable bonds is 6. The van der Waals surface area contributed by atoms with E-state index in [4.69, 9.17) is 0 Å². The van der Waals surface area contributed by atoms with Gasteiger partial charge in [0.15, 0.2) is 0 Å². The second-order valence-electron chi connectivity index (χ2n) is 5.59. The predicted octanol–water partition coefficient (Wildman–Crippen LogP) is 2.82. The van der Waals surface area contributed by atoms with Crippen LogP contribution in [0.2, 0.25) is 0 Å². The summed E-state index contributed by atoms with van der Waals surface area (Å²) in [6, 6.07) is 0. The van der Waals surface area contributed by atoms with E-state index in [1.807, 2.05) is 6.33 Å². The van der Waals surface area contributed by atoms with Crippen LogP contribution in [0.25, 0.3) is 0 Å². The predicted molar refractivity (Wildman–Crippen MR) is 68.3 cm³/mol. The van der Waals surface area contributed by atoms with Crippen molar-refractivity contribution in [3.63, 3.8) is 0 Å². The van der Waals surface area contributed by atoms with E-state index < -0.39 is 0 Å². The van der Waals surface area contributed by atoms with Crippen molar-refractivity contribution >= 4 is 0 Å². The summed E-state index contributed by atoms with van der Waals surface area (Å²) in [6.07, 6.45) is 6.44. The molecule has 0 aliphatic heterocycles. The molecular weight excluding hydrogens is 198 g/mol. The molecule has 0 aliphatic carbocycles. The topological polar surface area (TPSA) is 29.9 Å². The Balaban J connectivity index is 2.33. The minimum Gasteiger partial charge on any atom is -0.337 e. The van der Waals surface area contributed by atoms with Gasteiger partial charge in [0.2, 0.25) is 0 Å². The smallest absolute Gasteiger partial charge is 0.0949 e. The third-order valence-electron chi connectivity index (χ3n) is 2.54. The van der Waals surface area contributed by atoms with Crippen LogP contribution in [0, 0.1) is 5.41 Å². The van der Waals surface area contributed by atoms with Crippen LogP contribution in [-0.4, -0.2) is 16.1 Å². The molecule has 16 heavy (non-hydrogen) atoms. The van der Waals surface area contributed by atoms with Crippen LogP contribution >= 0.6 is 0 Å². The van der Waals surface area contributed by atoms with Crippen molar-refractivity contribution in [2.24, 2.45) is 5.41 Å². The number of nitrogens with zero attached hydrogens (tertiary/aromatic N) is 2. The molecule has 92 valence electrons. The summed E-state index contributed by atoms with van der Waals surface area (Å²) in [5.74, 6) is 0. The Morgan fingerprint density at radius 2 is 2.12 bits per heavy atom. The maximum Gasteiger partial charge on any atom is 0.0949 e. The molecule has 3 nitrogen and oxygen atoms in total. The fraction of sp³-hybridized carbons (Fsp3) is 0.769. The van der Waals surface area contributed by atoms with Gasteiger partial charge in [-0.15, -0.1) is 0 Å². The number of aromatic nitrogens is 2. The molecule has 1 aromatic rings. The van der Waals surface area contributed by atoms with Gasteiger partial charge in [-0.1, -0.05) is 27.7 Å². The molecule has 1 N–H and O–H groups in total. The van der Waals surface area contributed by atoms with Gasteiger partial charge in [0, 0.05) is 19.3 Å². The lowest BCUT2D eigenvalue weighted by Gasteiger charge is -2.17. The van der Waals surface area contributed by atoms with Gasteiger partial charge in [-0.05, 0) is 24.8 Å². The highest BCUT2D eigenvalue weighted by Gasteiger charge is 2.09. The summed E-state index contributed by atoms with van der Waals surface area (Å²) in [7, 11) is 0. The molecule has 3 heteroatoms. The molecule has 1 rings (SSSR count). The molecular formula is C13H25N3. The van der Waals surface area contributed by atoms with E-state index in [0.717, 1.165) is 25.3 Å². The van der Waals surface area contributed by atoms with Crippen molar-refractivity contribution in [3.8, 4) is 0 Å². The third-order valence-corrected chi connectivity index (χ3v) is 2.54. The Kier molecular flexibility index (Phi) is 5.00. The first-order chi connectivity index (χ1) is 7.51. The summed E-state index contributed by atoms with van der Waals surface area (Å²) >= 11 is 0. The van der Waals surface area contributed by atoms with Gasteiger partial charge in [0.05, 0.1) is 12.0 Å². The van der Waals surface area contributed by atoms with E-state index in [9.17, 15) is 0 Å². The van der Waals surface area contributed by atoms with Crippen molar-refractivity contribution in [3.05, 3.63) is 18.2 Å². The molecule has 0 atom stereocenters. The zero-order valence-corrected chi connectivity index (χ0v) is 11.1. The van der Waals surface area contributed by atoms with E-state index in [0.29, 0.717) is 5.41 Å².